The second kappa shape index (κ2) is 7.53. The minimum absolute atomic E-state index is 0.960. The van der Waals surface area contributed by atoms with E-state index in [9.17, 15) is 0 Å². The van der Waals surface area contributed by atoms with Crippen LogP contribution in [0.1, 0.15) is 27.8 Å². The molecular formula is C16H23N3S. The molecule has 0 aliphatic carbocycles. The topological polar surface area (TPSA) is 28.2 Å². The summed E-state index contributed by atoms with van der Waals surface area (Å²) in [6.45, 7) is 8.46. The first kappa shape index (κ1) is 15.2. The van der Waals surface area contributed by atoms with Gasteiger partial charge in [-0.25, -0.2) is 0 Å². The van der Waals surface area contributed by atoms with E-state index in [0.29, 0.717) is 0 Å². The van der Waals surface area contributed by atoms with Gasteiger partial charge < -0.3 is 5.32 Å². The van der Waals surface area contributed by atoms with E-state index in [-0.39, 0.29) is 0 Å². The largest absolute Gasteiger partial charge is 0.315 e. The van der Waals surface area contributed by atoms with Crippen LogP contribution in [-0.2, 0) is 19.6 Å². The zero-order valence-corrected chi connectivity index (χ0v) is 13.3. The molecule has 2 rings (SSSR count). The summed E-state index contributed by atoms with van der Waals surface area (Å²) in [6, 6.07) is 6.52. The van der Waals surface area contributed by atoms with Gasteiger partial charge >= 0.3 is 0 Å². The number of nitrogens with zero attached hydrogens (tertiary/aromatic N) is 2. The summed E-state index contributed by atoms with van der Waals surface area (Å²) in [4.78, 5) is 9.39. The monoisotopic (exact) mass is 289 g/mol. The first-order valence-electron chi connectivity index (χ1n) is 7.07. The molecule has 0 atom stereocenters. The summed E-state index contributed by atoms with van der Waals surface area (Å²) in [6.07, 6.45) is 3.73. The number of aromatic nitrogens is 1. The highest BCUT2D eigenvalue weighted by atomic mass is 32.1. The smallest absolute Gasteiger partial charge is 0.0296 e. The molecule has 0 bridgehead atoms. The highest BCUT2D eigenvalue weighted by Gasteiger charge is 2.10. The molecule has 2 aromatic rings. The molecule has 0 radical (unpaired) electrons. The van der Waals surface area contributed by atoms with Crippen LogP contribution in [0.5, 0.6) is 0 Å². The molecular weight excluding hydrogens is 266 g/mol. The Balaban J connectivity index is 2.02. The highest BCUT2D eigenvalue weighted by Crippen LogP contribution is 2.23. The van der Waals surface area contributed by atoms with E-state index in [0.717, 1.165) is 26.2 Å². The van der Waals surface area contributed by atoms with E-state index in [1.807, 2.05) is 30.8 Å². The summed E-state index contributed by atoms with van der Waals surface area (Å²) in [5, 5.41) is 3.22. The maximum Gasteiger partial charge on any atom is 0.0296 e. The van der Waals surface area contributed by atoms with Crippen LogP contribution in [0.25, 0.3) is 0 Å². The van der Waals surface area contributed by atoms with Crippen molar-refractivity contribution in [3.8, 4) is 0 Å². The molecule has 0 aliphatic rings. The fraction of sp³-hybridized carbons (Fsp3) is 0.438. The standard InChI is InChI=1S/C16H23N3S/c1-4-19(11-14-5-7-18-8-6-14)12-15-9-16(10-17-3)20-13(15)2/h5-9,17H,4,10-12H2,1-3H3. The maximum absolute atomic E-state index is 4.08. The van der Waals surface area contributed by atoms with Gasteiger partial charge in [0.15, 0.2) is 0 Å². The number of hydrogen-bond acceptors (Lipinski definition) is 4. The molecule has 0 fully saturated rings. The van der Waals surface area contributed by atoms with Gasteiger partial charge in [0.2, 0.25) is 0 Å². The van der Waals surface area contributed by atoms with Crippen molar-refractivity contribution in [2.24, 2.45) is 0 Å². The number of nitrogens with one attached hydrogen (secondary N) is 1. The van der Waals surface area contributed by atoms with Crippen molar-refractivity contribution in [1.29, 1.82) is 0 Å². The van der Waals surface area contributed by atoms with Gasteiger partial charge in [-0.05, 0) is 49.8 Å². The lowest BCUT2D eigenvalue weighted by Crippen LogP contribution is -2.22. The zero-order valence-electron chi connectivity index (χ0n) is 12.5. The van der Waals surface area contributed by atoms with Gasteiger partial charge in [0, 0.05) is 41.8 Å². The summed E-state index contributed by atoms with van der Waals surface area (Å²) in [5.74, 6) is 0. The maximum atomic E-state index is 4.08. The molecule has 4 heteroatoms. The van der Waals surface area contributed by atoms with Crippen LogP contribution in [0.3, 0.4) is 0 Å². The Morgan fingerprint density at radius 1 is 1.25 bits per heavy atom. The molecule has 2 aromatic heterocycles. The van der Waals surface area contributed by atoms with Gasteiger partial charge in [0.1, 0.15) is 0 Å². The fourth-order valence-electron chi connectivity index (χ4n) is 2.27. The average molecular weight is 289 g/mol. The average Bonchev–Trinajstić information content (AvgIpc) is 2.79. The Hall–Kier alpha value is -1.23. The van der Waals surface area contributed by atoms with Crippen LogP contribution in [0.2, 0.25) is 0 Å². The van der Waals surface area contributed by atoms with E-state index in [1.165, 1.54) is 20.9 Å². The van der Waals surface area contributed by atoms with Crippen molar-refractivity contribution in [3.05, 3.63) is 51.5 Å². The van der Waals surface area contributed by atoms with Crippen molar-refractivity contribution in [3.63, 3.8) is 0 Å². The molecule has 0 unspecified atom stereocenters. The van der Waals surface area contributed by atoms with E-state index in [1.54, 1.807) is 0 Å². The summed E-state index contributed by atoms with van der Waals surface area (Å²) in [5.41, 5.74) is 2.78. The second-order valence-electron chi connectivity index (χ2n) is 4.98. The van der Waals surface area contributed by atoms with Gasteiger partial charge in [-0.3, -0.25) is 9.88 Å². The van der Waals surface area contributed by atoms with Gasteiger partial charge in [-0.15, -0.1) is 11.3 Å². The molecule has 0 spiro atoms. The quantitative estimate of drug-likeness (QED) is 0.848. The van der Waals surface area contributed by atoms with Crippen LogP contribution in [0, 0.1) is 6.92 Å². The van der Waals surface area contributed by atoms with Crippen LogP contribution in [0.4, 0.5) is 0 Å². The first-order chi connectivity index (χ1) is 9.72. The van der Waals surface area contributed by atoms with Crippen molar-refractivity contribution >= 4 is 11.3 Å². The van der Waals surface area contributed by atoms with Crippen LogP contribution in [-0.4, -0.2) is 23.5 Å². The number of hydrogen-bond donors (Lipinski definition) is 1. The number of thiophene rings is 1. The molecule has 3 nitrogen and oxygen atoms in total. The summed E-state index contributed by atoms with van der Waals surface area (Å²) < 4.78 is 0. The van der Waals surface area contributed by atoms with Gasteiger partial charge in [-0.2, -0.15) is 0 Å². The van der Waals surface area contributed by atoms with Gasteiger partial charge in [0.25, 0.3) is 0 Å². The Labute approximate surface area is 125 Å². The molecule has 0 saturated heterocycles. The SMILES string of the molecule is CCN(Cc1ccncc1)Cc1cc(CNC)sc1C. The van der Waals surface area contributed by atoms with Crippen molar-refractivity contribution < 1.29 is 0 Å². The molecule has 1 N–H and O–H groups in total. The van der Waals surface area contributed by atoms with E-state index in [4.69, 9.17) is 0 Å². The molecule has 0 saturated carbocycles. The predicted octanol–water partition coefficient (Wildman–Crippen LogP) is 3.19. The van der Waals surface area contributed by atoms with E-state index in [2.05, 4.69) is 47.2 Å². The molecule has 20 heavy (non-hydrogen) atoms. The third-order valence-electron chi connectivity index (χ3n) is 3.42. The molecule has 0 amide bonds. The van der Waals surface area contributed by atoms with Crippen LogP contribution < -0.4 is 5.32 Å². The minimum atomic E-state index is 0.960. The second-order valence-corrected chi connectivity index (χ2v) is 6.32. The van der Waals surface area contributed by atoms with E-state index >= 15 is 0 Å². The lowest BCUT2D eigenvalue weighted by atomic mass is 10.2. The predicted molar refractivity (Wildman–Crippen MR) is 85.8 cm³/mol. The van der Waals surface area contributed by atoms with Crippen molar-refractivity contribution in [2.75, 3.05) is 13.6 Å². The van der Waals surface area contributed by atoms with Gasteiger partial charge in [-0.1, -0.05) is 6.92 Å². The minimum Gasteiger partial charge on any atom is -0.315 e. The van der Waals surface area contributed by atoms with Crippen LogP contribution >= 0.6 is 11.3 Å². The Bertz CT molecular complexity index is 522. The summed E-state index contributed by atoms with van der Waals surface area (Å²) in [7, 11) is 2.00. The Kier molecular flexibility index (Phi) is 5.71. The Morgan fingerprint density at radius 2 is 2.00 bits per heavy atom. The normalized spacial score (nSPS) is 11.2. The number of rotatable bonds is 7. The lowest BCUT2D eigenvalue weighted by molar-refractivity contribution is 0.271. The van der Waals surface area contributed by atoms with E-state index < -0.39 is 0 Å². The third kappa shape index (κ3) is 4.13. The van der Waals surface area contributed by atoms with Gasteiger partial charge in [0.05, 0.1) is 0 Å². The Morgan fingerprint density at radius 3 is 2.65 bits per heavy atom. The zero-order chi connectivity index (χ0) is 14.4. The third-order valence-corrected chi connectivity index (χ3v) is 4.51. The lowest BCUT2D eigenvalue weighted by Gasteiger charge is -2.20. The van der Waals surface area contributed by atoms with Crippen molar-refractivity contribution in [2.45, 2.75) is 33.5 Å². The number of pyridine rings is 1. The fourth-order valence-corrected chi connectivity index (χ4v) is 3.34. The highest BCUT2D eigenvalue weighted by molar-refractivity contribution is 7.12. The summed E-state index contributed by atoms with van der Waals surface area (Å²) >= 11 is 1.90. The number of aryl methyl sites for hydroxylation is 1. The van der Waals surface area contributed by atoms with Crippen molar-refractivity contribution in [1.82, 2.24) is 15.2 Å². The molecule has 0 aliphatic heterocycles. The molecule has 0 aromatic carbocycles. The molecule has 2 heterocycles. The van der Waals surface area contributed by atoms with Crippen LogP contribution in [0.15, 0.2) is 30.6 Å². The first-order valence-corrected chi connectivity index (χ1v) is 7.88. The molecule has 108 valence electrons.